The molecule has 106 valence electrons. The van der Waals surface area contributed by atoms with E-state index >= 15 is 0 Å². The van der Waals surface area contributed by atoms with Crippen LogP contribution in [-0.2, 0) is 0 Å². The van der Waals surface area contributed by atoms with Crippen LogP contribution in [0.4, 0.5) is 4.39 Å². The molecule has 0 aliphatic carbocycles. The van der Waals surface area contributed by atoms with Crippen LogP contribution in [-0.4, -0.2) is 36.8 Å². The third-order valence-electron chi connectivity index (χ3n) is 3.87. The van der Waals surface area contributed by atoms with Crippen LogP contribution in [0.15, 0.2) is 18.2 Å². The van der Waals surface area contributed by atoms with E-state index in [0.29, 0.717) is 12.1 Å². The van der Waals surface area contributed by atoms with Gasteiger partial charge in [-0.25, -0.2) is 4.39 Å². The number of benzene rings is 1. The van der Waals surface area contributed by atoms with Gasteiger partial charge in [0.15, 0.2) is 11.6 Å². The Bertz CT molecular complexity index is 417. The number of hydrogen-bond donors (Lipinski definition) is 1. The fraction of sp³-hybridized carbons (Fsp3) is 0.600. The topological polar surface area (TPSA) is 32.7 Å². The van der Waals surface area contributed by atoms with Crippen molar-refractivity contribution in [2.45, 2.75) is 25.9 Å². The highest BCUT2D eigenvalue weighted by Gasteiger charge is 2.19. The standard InChI is InChI=1S/C15H22FNO2/c1-11-5-7-17(8-6-11)10-14(18)12-3-4-15(19-2)13(16)9-12/h3-4,9,11,14,18H,5-8,10H2,1-2H3. The van der Waals surface area contributed by atoms with Crippen LogP contribution in [0.2, 0.25) is 0 Å². The largest absolute Gasteiger partial charge is 0.494 e. The molecule has 1 atom stereocenters. The zero-order valence-electron chi connectivity index (χ0n) is 11.6. The van der Waals surface area contributed by atoms with Gasteiger partial charge in [0, 0.05) is 6.54 Å². The highest BCUT2D eigenvalue weighted by Crippen LogP contribution is 2.24. The van der Waals surface area contributed by atoms with Crippen molar-refractivity contribution in [3.63, 3.8) is 0 Å². The Labute approximate surface area is 114 Å². The molecule has 1 heterocycles. The van der Waals surface area contributed by atoms with Crippen LogP contribution in [0.1, 0.15) is 31.4 Å². The van der Waals surface area contributed by atoms with Gasteiger partial charge < -0.3 is 14.7 Å². The van der Waals surface area contributed by atoms with Crippen LogP contribution >= 0.6 is 0 Å². The predicted molar refractivity (Wildman–Crippen MR) is 72.7 cm³/mol. The van der Waals surface area contributed by atoms with E-state index in [1.165, 1.54) is 26.0 Å². The van der Waals surface area contributed by atoms with Crippen LogP contribution in [0, 0.1) is 11.7 Å². The Morgan fingerprint density at radius 3 is 2.68 bits per heavy atom. The van der Waals surface area contributed by atoms with E-state index < -0.39 is 11.9 Å². The highest BCUT2D eigenvalue weighted by molar-refractivity contribution is 5.30. The monoisotopic (exact) mass is 267 g/mol. The first kappa shape index (κ1) is 14.3. The summed E-state index contributed by atoms with van der Waals surface area (Å²) >= 11 is 0. The van der Waals surface area contributed by atoms with Gasteiger partial charge in [-0.3, -0.25) is 0 Å². The SMILES string of the molecule is COc1ccc(C(O)CN2CCC(C)CC2)cc1F. The molecule has 1 aliphatic rings. The van der Waals surface area contributed by atoms with Gasteiger partial charge in [-0.2, -0.15) is 0 Å². The first-order valence-electron chi connectivity index (χ1n) is 6.84. The van der Waals surface area contributed by atoms with Gasteiger partial charge in [-0.05, 0) is 49.5 Å². The Balaban J connectivity index is 1.96. The van der Waals surface area contributed by atoms with E-state index in [4.69, 9.17) is 4.74 Å². The summed E-state index contributed by atoms with van der Waals surface area (Å²) in [7, 11) is 1.43. The quantitative estimate of drug-likeness (QED) is 0.910. The fourth-order valence-corrected chi connectivity index (χ4v) is 2.48. The second-order valence-electron chi connectivity index (χ2n) is 5.39. The van der Waals surface area contributed by atoms with E-state index in [1.54, 1.807) is 12.1 Å². The first-order chi connectivity index (χ1) is 9.10. The van der Waals surface area contributed by atoms with Crippen LogP contribution in [0.25, 0.3) is 0 Å². The number of methoxy groups -OCH3 is 1. The lowest BCUT2D eigenvalue weighted by Crippen LogP contribution is -2.36. The Morgan fingerprint density at radius 1 is 1.42 bits per heavy atom. The number of piperidine rings is 1. The summed E-state index contributed by atoms with van der Waals surface area (Å²) in [6, 6.07) is 4.64. The zero-order chi connectivity index (χ0) is 13.8. The predicted octanol–water partition coefficient (Wildman–Crippen LogP) is 2.60. The maximum absolute atomic E-state index is 13.6. The number of halogens is 1. The number of nitrogens with zero attached hydrogens (tertiary/aromatic N) is 1. The van der Waals surface area contributed by atoms with Crippen molar-refractivity contribution < 1.29 is 14.2 Å². The number of aliphatic hydroxyl groups excluding tert-OH is 1. The van der Waals surface area contributed by atoms with Gasteiger partial charge in [-0.1, -0.05) is 13.0 Å². The van der Waals surface area contributed by atoms with Crippen molar-refractivity contribution in [2.75, 3.05) is 26.7 Å². The highest BCUT2D eigenvalue weighted by atomic mass is 19.1. The lowest BCUT2D eigenvalue weighted by atomic mass is 9.98. The molecule has 1 fully saturated rings. The lowest BCUT2D eigenvalue weighted by Gasteiger charge is -2.31. The van der Waals surface area contributed by atoms with Crippen molar-refractivity contribution in [3.8, 4) is 5.75 Å². The van der Waals surface area contributed by atoms with Gasteiger partial charge in [0.25, 0.3) is 0 Å². The molecular weight excluding hydrogens is 245 g/mol. The van der Waals surface area contributed by atoms with Gasteiger partial charge >= 0.3 is 0 Å². The molecule has 2 rings (SSSR count). The fourth-order valence-electron chi connectivity index (χ4n) is 2.48. The minimum absolute atomic E-state index is 0.211. The minimum atomic E-state index is -0.645. The Morgan fingerprint density at radius 2 is 2.11 bits per heavy atom. The molecule has 4 heteroatoms. The van der Waals surface area contributed by atoms with E-state index in [9.17, 15) is 9.50 Å². The molecule has 0 radical (unpaired) electrons. The summed E-state index contributed by atoms with van der Waals surface area (Å²) in [5.41, 5.74) is 0.608. The zero-order valence-corrected chi connectivity index (χ0v) is 11.6. The molecule has 0 amide bonds. The summed E-state index contributed by atoms with van der Waals surface area (Å²) in [6.07, 6.45) is 1.70. The minimum Gasteiger partial charge on any atom is -0.494 e. The van der Waals surface area contributed by atoms with E-state index in [2.05, 4.69) is 11.8 Å². The van der Waals surface area contributed by atoms with Gasteiger partial charge in [0.1, 0.15) is 0 Å². The molecule has 3 nitrogen and oxygen atoms in total. The molecule has 1 unspecified atom stereocenters. The summed E-state index contributed by atoms with van der Waals surface area (Å²) < 4.78 is 18.5. The summed E-state index contributed by atoms with van der Waals surface area (Å²) in [5, 5.41) is 10.2. The van der Waals surface area contributed by atoms with Crippen LogP contribution < -0.4 is 4.74 Å². The van der Waals surface area contributed by atoms with Crippen molar-refractivity contribution in [1.82, 2.24) is 4.90 Å². The van der Waals surface area contributed by atoms with Crippen LogP contribution in [0.3, 0.4) is 0 Å². The average Bonchev–Trinajstić information content (AvgIpc) is 2.41. The maximum atomic E-state index is 13.6. The summed E-state index contributed by atoms with van der Waals surface area (Å²) in [4.78, 5) is 2.24. The number of rotatable bonds is 4. The Hall–Kier alpha value is -1.13. The van der Waals surface area contributed by atoms with Crippen molar-refractivity contribution in [2.24, 2.45) is 5.92 Å². The van der Waals surface area contributed by atoms with Gasteiger partial charge in [0.2, 0.25) is 0 Å². The third-order valence-corrected chi connectivity index (χ3v) is 3.87. The molecule has 0 bridgehead atoms. The summed E-state index contributed by atoms with van der Waals surface area (Å²) in [5.74, 6) is 0.556. The normalized spacial score (nSPS) is 19.4. The molecule has 1 N–H and O–H groups in total. The van der Waals surface area contributed by atoms with E-state index in [0.717, 1.165) is 19.0 Å². The van der Waals surface area contributed by atoms with Crippen LogP contribution in [0.5, 0.6) is 5.75 Å². The first-order valence-corrected chi connectivity index (χ1v) is 6.84. The molecule has 0 spiro atoms. The average molecular weight is 267 g/mol. The smallest absolute Gasteiger partial charge is 0.165 e. The molecule has 1 aliphatic heterocycles. The maximum Gasteiger partial charge on any atom is 0.165 e. The molecule has 0 aromatic heterocycles. The van der Waals surface area contributed by atoms with Crippen molar-refractivity contribution in [1.29, 1.82) is 0 Å². The Kier molecular flexibility index (Phi) is 4.77. The number of ether oxygens (including phenoxy) is 1. The third kappa shape index (κ3) is 3.67. The second-order valence-corrected chi connectivity index (χ2v) is 5.39. The summed E-state index contributed by atoms with van der Waals surface area (Å²) in [6.45, 7) is 4.85. The van der Waals surface area contributed by atoms with Gasteiger partial charge in [0.05, 0.1) is 13.2 Å². The number of hydrogen-bond acceptors (Lipinski definition) is 3. The number of likely N-dealkylation sites (tertiary alicyclic amines) is 1. The number of aliphatic hydroxyl groups is 1. The molecule has 19 heavy (non-hydrogen) atoms. The molecule has 1 aromatic carbocycles. The van der Waals surface area contributed by atoms with Crippen molar-refractivity contribution in [3.05, 3.63) is 29.6 Å². The molecule has 0 saturated carbocycles. The van der Waals surface area contributed by atoms with Gasteiger partial charge in [-0.15, -0.1) is 0 Å². The molecular formula is C15H22FNO2. The second kappa shape index (κ2) is 6.35. The molecule has 1 saturated heterocycles. The lowest BCUT2D eigenvalue weighted by molar-refractivity contribution is 0.0913. The molecule has 1 aromatic rings. The number of β-amino-alcohol motifs (C(OH)–C–C–N with tert-alkyl or cyclic N) is 1. The van der Waals surface area contributed by atoms with E-state index in [1.807, 2.05) is 0 Å². The van der Waals surface area contributed by atoms with Crippen molar-refractivity contribution >= 4 is 0 Å². The van der Waals surface area contributed by atoms with E-state index in [-0.39, 0.29) is 5.75 Å².